The molecule has 0 aromatic heterocycles. The van der Waals surface area contributed by atoms with E-state index in [-0.39, 0.29) is 0 Å². The van der Waals surface area contributed by atoms with Crippen LogP contribution in [0.5, 0.6) is 11.5 Å². The van der Waals surface area contributed by atoms with E-state index in [0.29, 0.717) is 18.1 Å². The molecule has 0 heterocycles. The minimum Gasteiger partial charge on any atom is -0.429 e. The van der Waals surface area contributed by atoms with Crippen molar-refractivity contribution in [3.05, 3.63) is 59.2 Å². The lowest BCUT2D eigenvalue weighted by Crippen LogP contribution is -2.25. The molecule has 0 saturated heterocycles. The zero-order valence-corrected chi connectivity index (χ0v) is 21.7. The number of halogens is 6. The fourth-order valence-corrected chi connectivity index (χ4v) is 6.32. The van der Waals surface area contributed by atoms with E-state index in [0.717, 1.165) is 36.2 Å². The predicted molar refractivity (Wildman–Crippen MR) is 134 cm³/mol. The smallest absolute Gasteiger partial charge is 0.426 e. The van der Waals surface area contributed by atoms with Gasteiger partial charge in [-0.15, -0.1) is 0 Å². The molecule has 0 radical (unpaired) electrons. The minimum atomic E-state index is -3.88. The normalized spacial score (nSPS) is 24.4. The second-order valence-electron chi connectivity index (χ2n) is 10.9. The second kappa shape index (κ2) is 12.6. The van der Waals surface area contributed by atoms with Crippen molar-refractivity contribution in [2.24, 2.45) is 17.8 Å². The van der Waals surface area contributed by atoms with Crippen LogP contribution in [0.3, 0.4) is 0 Å². The molecule has 0 bridgehead atoms. The molecule has 2 saturated carbocycles. The highest BCUT2D eigenvalue weighted by molar-refractivity contribution is 5.36. The first-order valence-electron chi connectivity index (χ1n) is 13.8. The van der Waals surface area contributed by atoms with Gasteiger partial charge in [-0.25, -0.2) is 8.78 Å². The number of alkyl halides is 4. The molecule has 0 unspecified atom stereocenters. The van der Waals surface area contributed by atoms with E-state index >= 15 is 0 Å². The van der Waals surface area contributed by atoms with Gasteiger partial charge in [0.25, 0.3) is 0 Å². The highest BCUT2D eigenvalue weighted by Gasteiger charge is 2.36. The predicted octanol–water partition coefficient (Wildman–Crippen LogP) is 9.96. The van der Waals surface area contributed by atoms with Crippen molar-refractivity contribution >= 4 is 0 Å². The van der Waals surface area contributed by atoms with Crippen molar-refractivity contribution in [1.29, 1.82) is 0 Å². The summed E-state index contributed by atoms with van der Waals surface area (Å²) in [4.78, 5) is 0. The van der Waals surface area contributed by atoms with Gasteiger partial charge in [0.15, 0.2) is 17.4 Å². The Morgan fingerprint density at radius 3 is 1.92 bits per heavy atom. The van der Waals surface area contributed by atoms with E-state index in [1.807, 2.05) is 0 Å². The van der Waals surface area contributed by atoms with Crippen LogP contribution in [0.25, 0.3) is 0 Å². The molecule has 2 aromatic rings. The van der Waals surface area contributed by atoms with Gasteiger partial charge in [-0.2, -0.15) is 17.6 Å². The molecular weight excluding hydrogens is 506 g/mol. The fourth-order valence-electron chi connectivity index (χ4n) is 6.32. The largest absolute Gasteiger partial charge is 0.429 e. The molecule has 0 amide bonds. The summed E-state index contributed by atoms with van der Waals surface area (Å²) >= 11 is 0. The molecular formula is C30H36F6O2. The summed E-state index contributed by atoms with van der Waals surface area (Å²) in [7, 11) is 0. The van der Waals surface area contributed by atoms with Gasteiger partial charge in [0.05, 0.1) is 5.56 Å². The van der Waals surface area contributed by atoms with E-state index < -0.39 is 41.4 Å². The highest BCUT2D eigenvalue weighted by Crippen LogP contribution is 2.45. The lowest BCUT2D eigenvalue weighted by molar-refractivity contribution is -0.185. The number of hydrogen-bond acceptors (Lipinski definition) is 2. The molecule has 2 fully saturated rings. The van der Waals surface area contributed by atoms with Gasteiger partial charge in [-0.05, 0) is 79.9 Å². The van der Waals surface area contributed by atoms with Crippen LogP contribution < -0.4 is 9.47 Å². The number of benzene rings is 2. The first-order valence-corrected chi connectivity index (χ1v) is 13.8. The molecule has 0 atom stereocenters. The maximum Gasteiger partial charge on any atom is 0.426 e. The van der Waals surface area contributed by atoms with Crippen LogP contribution in [0.1, 0.15) is 94.6 Å². The van der Waals surface area contributed by atoms with E-state index in [1.165, 1.54) is 69.9 Å². The Kier molecular flexibility index (Phi) is 9.53. The van der Waals surface area contributed by atoms with Crippen LogP contribution >= 0.6 is 0 Å². The van der Waals surface area contributed by atoms with Gasteiger partial charge in [0.2, 0.25) is 0 Å². The monoisotopic (exact) mass is 542 g/mol. The summed E-state index contributed by atoms with van der Waals surface area (Å²) in [5, 5.41) is 0. The van der Waals surface area contributed by atoms with Crippen molar-refractivity contribution in [3.63, 3.8) is 0 Å². The lowest BCUT2D eigenvalue weighted by Gasteiger charge is -2.38. The van der Waals surface area contributed by atoms with Crippen LogP contribution in [0.4, 0.5) is 26.3 Å². The Hall–Kier alpha value is -2.38. The second-order valence-corrected chi connectivity index (χ2v) is 10.9. The van der Waals surface area contributed by atoms with Crippen LogP contribution in [-0.2, 0) is 6.11 Å². The molecule has 8 heteroatoms. The minimum absolute atomic E-state index is 0.321. The Morgan fingerprint density at radius 1 is 0.842 bits per heavy atom. The molecule has 0 N–H and O–H groups in total. The topological polar surface area (TPSA) is 18.5 Å². The summed E-state index contributed by atoms with van der Waals surface area (Å²) in [6.07, 6.45) is 9.89. The van der Waals surface area contributed by atoms with Crippen molar-refractivity contribution in [2.45, 2.75) is 96.2 Å². The van der Waals surface area contributed by atoms with Crippen LogP contribution in [0.15, 0.2) is 36.4 Å². The number of hydrogen-bond donors (Lipinski definition) is 0. The van der Waals surface area contributed by atoms with Gasteiger partial charge < -0.3 is 9.47 Å². The van der Waals surface area contributed by atoms with Gasteiger partial charge in [0.1, 0.15) is 5.75 Å². The maximum atomic E-state index is 14.7. The first-order chi connectivity index (χ1) is 18.2. The zero-order valence-electron chi connectivity index (χ0n) is 21.7. The molecule has 210 valence electrons. The average molecular weight is 543 g/mol. The van der Waals surface area contributed by atoms with E-state index in [2.05, 4.69) is 16.4 Å². The van der Waals surface area contributed by atoms with Crippen LogP contribution in [0, 0.1) is 29.4 Å². The number of rotatable bonds is 10. The molecule has 2 nitrogen and oxygen atoms in total. The Morgan fingerprint density at radius 2 is 1.39 bits per heavy atom. The van der Waals surface area contributed by atoms with E-state index in [1.54, 1.807) is 12.1 Å². The fraction of sp³-hybridized carbons (Fsp3) is 0.600. The first kappa shape index (κ1) is 28.6. The SMILES string of the molecule is CCCC[C@H]1CC[C@H](C2CCC(c3ccc(C(F)(F)Oc4cc(F)c(OC(F)F)c(F)c4)cc3)CC2)CC1. The van der Waals surface area contributed by atoms with Gasteiger partial charge >= 0.3 is 12.7 Å². The van der Waals surface area contributed by atoms with Gasteiger partial charge in [-0.3, -0.25) is 0 Å². The molecule has 4 rings (SSSR count). The Bertz CT molecular complexity index is 1000. The van der Waals surface area contributed by atoms with Crippen molar-refractivity contribution < 1.29 is 35.8 Å². The third-order valence-electron chi connectivity index (χ3n) is 8.44. The summed E-state index contributed by atoms with van der Waals surface area (Å²) in [5.74, 6) is -2.52. The molecule has 2 aromatic carbocycles. The number of unbranched alkanes of at least 4 members (excludes halogenated alkanes) is 1. The highest BCUT2D eigenvalue weighted by atomic mass is 19.3. The van der Waals surface area contributed by atoms with E-state index in [9.17, 15) is 26.3 Å². The molecule has 2 aliphatic carbocycles. The van der Waals surface area contributed by atoms with Crippen LogP contribution in [0.2, 0.25) is 0 Å². The van der Waals surface area contributed by atoms with Gasteiger partial charge in [0, 0.05) is 12.1 Å². The van der Waals surface area contributed by atoms with E-state index in [4.69, 9.17) is 0 Å². The van der Waals surface area contributed by atoms with Crippen molar-refractivity contribution in [1.82, 2.24) is 0 Å². The molecule has 38 heavy (non-hydrogen) atoms. The van der Waals surface area contributed by atoms with Crippen molar-refractivity contribution in [3.8, 4) is 11.5 Å². The standard InChI is InChI=1S/C30H36F6O2/c1-2-3-4-19-5-7-20(8-6-19)21-9-11-22(12-10-21)23-13-15-24(16-14-23)30(35,36)38-25-17-26(31)28(27(32)18-25)37-29(33)34/h13-22,29H,2-12H2,1H3/t19-,20-,21?,22?. The summed E-state index contributed by atoms with van der Waals surface area (Å²) in [5.41, 5.74) is 0.528. The Labute approximate surface area is 220 Å². The summed E-state index contributed by atoms with van der Waals surface area (Å²) in [6.45, 7) is -1.21. The zero-order chi connectivity index (χ0) is 27.3. The van der Waals surface area contributed by atoms with Crippen LogP contribution in [-0.4, -0.2) is 6.61 Å². The third-order valence-corrected chi connectivity index (χ3v) is 8.44. The quantitative estimate of drug-likeness (QED) is 0.278. The summed E-state index contributed by atoms with van der Waals surface area (Å²) < 4.78 is 90.1. The maximum absolute atomic E-state index is 14.7. The Balaban J connectivity index is 1.31. The number of ether oxygens (including phenoxy) is 2. The lowest BCUT2D eigenvalue weighted by atomic mass is 9.68. The van der Waals surface area contributed by atoms with Gasteiger partial charge in [-0.1, -0.05) is 51.2 Å². The molecule has 0 spiro atoms. The molecule has 0 aliphatic heterocycles. The molecule has 2 aliphatic rings. The average Bonchev–Trinajstić information content (AvgIpc) is 2.90. The third kappa shape index (κ3) is 7.17. The summed E-state index contributed by atoms with van der Waals surface area (Å²) in [6, 6.07) is 6.63. The van der Waals surface area contributed by atoms with Crippen molar-refractivity contribution in [2.75, 3.05) is 0 Å².